The first-order valence-electron chi connectivity index (χ1n) is 12.3. The number of amidine groups is 1. The molecule has 0 radical (unpaired) electrons. The van der Waals surface area contributed by atoms with E-state index >= 15 is 0 Å². The highest BCUT2D eigenvalue weighted by molar-refractivity contribution is 6.20. The molecule has 210 valence electrons. The summed E-state index contributed by atoms with van der Waals surface area (Å²) in [7, 11) is 0. The molecule has 40 heavy (non-hydrogen) atoms. The summed E-state index contributed by atoms with van der Waals surface area (Å²) >= 11 is 0. The standard InChI is InChI=1S/C28H26F3N3O6/c1-4-38-25(35)21-20(17-12-10-16(15-32)11-13-17)22(26(36)39-5-2)24(33)34(23(21)27(37)40-6-3)19-9-7-8-18(14-19)28(29,30)31/h7-14,20,22,33H,4-6H2,1-3H3. The Balaban J connectivity index is 2.46. The Bertz CT molecular complexity index is 1380. The summed E-state index contributed by atoms with van der Waals surface area (Å²) < 4.78 is 56.5. The molecule has 0 bridgehead atoms. The molecule has 0 saturated heterocycles. The molecule has 1 aliphatic heterocycles. The minimum Gasteiger partial charge on any atom is -0.465 e. The lowest BCUT2D eigenvalue weighted by molar-refractivity contribution is -0.147. The van der Waals surface area contributed by atoms with E-state index in [1.165, 1.54) is 51.1 Å². The zero-order chi connectivity index (χ0) is 29.6. The second kappa shape index (κ2) is 12.5. The van der Waals surface area contributed by atoms with Gasteiger partial charge in [-0.15, -0.1) is 0 Å². The number of nitrogens with zero attached hydrogens (tertiary/aromatic N) is 2. The maximum Gasteiger partial charge on any atom is 0.416 e. The molecule has 0 fully saturated rings. The van der Waals surface area contributed by atoms with Crippen molar-refractivity contribution >= 4 is 29.4 Å². The van der Waals surface area contributed by atoms with Gasteiger partial charge in [0.05, 0.1) is 42.6 Å². The predicted octanol–water partition coefficient (Wildman–Crippen LogP) is 4.72. The van der Waals surface area contributed by atoms with Gasteiger partial charge in [0.25, 0.3) is 0 Å². The van der Waals surface area contributed by atoms with E-state index in [2.05, 4.69) is 0 Å². The Labute approximate surface area is 228 Å². The van der Waals surface area contributed by atoms with Gasteiger partial charge in [0.1, 0.15) is 17.5 Å². The molecule has 1 N–H and O–H groups in total. The second-order valence-electron chi connectivity index (χ2n) is 8.41. The highest BCUT2D eigenvalue weighted by Gasteiger charge is 2.51. The molecule has 0 aliphatic carbocycles. The zero-order valence-corrected chi connectivity index (χ0v) is 21.9. The molecule has 12 heteroatoms. The molecular weight excluding hydrogens is 531 g/mol. The zero-order valence-electron chi connectivity index (χ0n) is 21.9. The van der Waals surface area contributed by atoms with Crippen molar-refractivity contribution in [1.82, 2.24) is 0 Å². The van der Waals surface area contributed by atoms with Crippen molar-refractivity contribution in [2.75, 3.05) is 24.7 Å². The Morgan fingerprint density at radius 1 is 0.950 bits per heavy atom. The first-order valence-corrected chi connectivity index (χ1v) is 12.3. The van der Waals surface area contributed by atoms with Crippen LogP contribution in [0.25, 0.3) is 0 Å². The van der Waals surface area contributed by atoms with Gasteiger partial charge in [-0.05, 0) is 56.7 Å². The number of carbonyl (C=O) groups excluding carboxylic acids is 3. The van der Waals surface area contributed by atoms with E-state index in [9.17, 15) is 32.8 Å². The summed E-state index contributed by atoms with van der Waals surface area (Å²) in [4.78, 5) is 41.0. The van der Waals surface area contributed by atoms with Crippen molar-refractivity contribution in [2.24, 2.45) is 5.92 Å². The van der Waals surface area contributed by atoms with Crippen LogP contribution in [-0.2, 0) is 34.8 Å². The fourth-order valence-corrected chi connectivity index (χ4v) is 4.38. The fraction of sp³-hybridized carbons (Fsp3) is 0.321. The molecule has 2 unspecified atom stereocenters. The lowest BCUT2D eigenvalue weighted by Crippen LogP contribution is -2.50. The number of esters is 3. The molecule has 9 nitrogen and oxygen atoms in total. The first kappa shape index (κ1) is 29.9. The van der Waals surface area contributed by atoms with Crippen LogP contribution in [0.4, 0.5) is 18.9 Å². The lowest BCUT2D eigenvalue weighted by atomic mass is 9.75. The van der Waals surface area contributed by atoms with E-state index in [0.29, 0.717) is 6.07 Å². The van der Waals surface area contributed by atoms with Crippen LogP contribution in [0.1, 0.15) is 43.4 Å². The molecule has 3 rings (SSSR count). The van der Waals surface area contributed by atoms with E-state index < -0.39 is 58.6 Å². The third-order valence-electron chi connectivity index (χ3n) is 5.99. The Morgan fingerprint density at radius 3 is 2.10 bits per heavy atom. The highest BCUT2D eigenvalue weighted by atomic mass is 19.4. The number of hydrogen-bond acceptors (Lipinski definition) is 8. The summed E-state index contributed by atoms with van der Waals surface area (Å²) in [6, 6.07) is 11.5. The number of ether oxygens (including phenoxy) is 3. The van der Waals surface area contributed by atoms with Gasteiger partial charge in [0.15, 0.2) is 0 Å². The Hall–Kier alpha value is -4.66. The summed E-state index contributed by atoms with van der Waals surface area (Å²) in [6.07, 6.45) is -4.77. The predicted molar refractivity (Wildman–Crippen MR) is 136 cm³/mol. The maximum absolute atomic E-state index is 13.6. The van der Waals surface area contributed by atoms with E-state index in [0.717, 1.165) is 17.0 Å². The van der Waals surface area contributed by atoms with Crippen LogP contribution in [0.15, 0.2) is 59.8 Å². The van der Waals surface area contributed by atoms with E-state index in [4.69, 9.17) is 19.6 Å². The van der Waals surface area contributed by atoms with E-state index in [-0.39, 0.29) is 36.6 Å². The molecular formula is C28H26F3N3O6. The Kier molecular flexibility index (Phi) is 9.31. The van der Waals surface area contributed by atoms with Gasteiger partial charge in [0, 0.05) is 11.6 Å². The van der Waals surface area contributed by atoms with Crippen LogP contribution in [0.2, 0.25) is 0 Å². The molecule has 0 saturated carbocycles. The van der Waals surface area contributed by atoms with Gasteiger partial charge in [-0.2, -0.15) is 18.4 Å². The number of carbonyl (C=O) groups is 3. The molecule has 2 aromatic carbocycles. The number of rotatable bonds is 8. The SMILES string of the molecule is CCOC(=O)C1=C(C(=O)OCC)N(c2cccc(C(F)(F)F)c2)C(=N)C(C(=O)OCC)C1c1ccc(C#N)cc1. The minimum atomic E-state index is -4.77. The van der Waals surface area contributed by atoms with Crippen molar-refractivity contribution in [3.05, 3.63) is 76.5 Å². The maximum atomic E-state index is 13.6. The molecule has 0 aromatic heterocycles. The van der Waals surface area contributed by atoms with Crippen LogP contribution in [-0.4, -0.2) is 43.6 Å². The molecule has 0 spiro atoms. The van der Waals surface area contributed by atoms with Gasteiger partial charge >= 0.3 is 24.1 Å². The normalized spacial score (nSPS) is 17.2. The average molecular weight is 558 g/mol. The first-order chi connectivity index (χ1) is 19.0. The molecule has 1 heterocycles. The number of hydrogen-bond donors (Lipinski definition) is 1. The molecule has 2 atom stereocenters. The smallest absolute Gasteiger partial charge is 0.416 e. The molecule has 2 aromatic rings. The quantitative estimate of drug-likeness (QED) is 0.365. The van der Waals surface area contributed by atoms with Crippen LogP contribution in [0, 0.1) is 22.7 Å². The summed E-state index contributed by atoms with van der Waals surface area (Å²) in [5.74, 6) is -6.65. The topological polar surface area (TPSA) is 130 Å². The van der Waals surface area contributed by atoms with E-state index in [1.54, 1.807) is 0 Å². The van der Waals surface area contributed by atoms with Crippen LogP contribution in [0.5, 0.6) is 0 Å². The summed E-state index contributed by atoms with van der Waals surface area (Å²) in [5.41, 5.74) is -1.84. The molecule has 1 aliphatic rings. The third kappa shape index (κ3) is 5.98. The second-order valence-corrected chi connectivity index (χ2v) is 8.41. The fourth-order valence-electron chi connectivity index (χ4n) is 4.38. The largest absolute Gasteiger partial charge is 0.465 e. The minimum absolute atomic E-state index is 0.102. The third-order valence-corrected chi connectivity index (χ3v) is 5.99. The van der Waals surface area contributed by atoms with Crippen LogP contribution < -0.4 is 4.90 Å². The van der Waals surface area contributed by atoms with Crippen LogP contribution in [0.3, 0.4) is 0 Å². The number of anilines is 1. The number of benzene rings is 2. The highest BCUT2D eigenvalue weighted by Crippen LogP contribution is 2.44. The van der Waals surface area contributed by atoms with Crippen molar-refractivity contribution in [3.63, 3.8) is 0 Å². The van der Waals surface area contributed by atoms with Crippen molar-refractivity contribution in [3.8, 4) is 6.07 Å². The Morgan fingerprint density at radius 2 is 1.55 bits per heavy atom. The van der Waals surface area contributed by atoms with Gasteiger partial charge < -0.3 is 14.2 Å². The van der Waals surface area contributed by atoms with Crippen molar-refractivity contribution in [2.45, 2.75) is 32.9 Å². The van der Waals surface area contributed by atoms with Gasteiger partial charge in [-0.25, -0.2) is 9.59 Å². The number of nitrogens with one attached hydrogen (secondary N) is 1. The average Bonchev–Trinajstić information content (AvgIpc) is 2.92. The van der Waals surface area contributed by atoms with Gasteiger partial charge in [-0.1, -0.05) is 18.2 Å². The van der Waals surface area contributed by atoms with Gasteiger partial charge in [0.2, 0.25) is 0 Å². The number of nitriles is 1. The van der Waals surface area contributed by atoms with Crippen molar-refractivity contribution in [1.29, 1.82) is 10.7 Å². The van der Waals surface area contributed by atoms with Crippen LogP contribution >= 0.6 is 0 Å². The summed E-state index contributed by atoms with van der Waals surface area (Å²) in [6.45, 7) is 4.13. The molecule has 0 amide bonds. The lowest BCUT2D eigenvalue weighted by Gasteiger charge is -2.40. The number of alkyl halides is 3. The summed E-state index contributed by atoms with van der Waals surface area (Å²) in [5, 5.41) is 18.2. The number of halogens is 3. The monoisotopic (exact) mass is 557 g/mol. The van der Waals surface area contributed by atoms with Crippen molar-refractivity contribution < 1.29 is 41.8 Å². The van der Waals surface area contributed by atoms with E-state index in [1.807, 2.05) is 6.07 Å². The van der Waals surface area contributed by atoms with Gasteiger partial charge in [-0.3, -0.25) is 15.1 Å².